The summed E-state index contributed by atoms with van der Waals surface area (Å²) in [5.41, 5.74) is 4.74. The van der Waals surface area contributed by atoms with Gasteiger partial charge in [0.05, 0.1) is 5.69 Å². The smallest absolute Gasteiger partial charge is 0.224 e. The van der Waals surface area contributed by atoms with Crippen LogP contribution in [0.2, 0.25) is 0 Å². The zero-order valence-electron chi connectivity index (χ0n) is 15.5. The number of aromatic nitrogens is 5. The van der Waals surface area contributed by atoms with E-state index in [1.54, 1.807) is 4.68 Å². The van der Waals surface area contributed by atoms with Gasteiger partial charge in [-0.25, -0.2) is 0 Å². The number of aryl methyl sites for hydroxylation is 2. The van der Waals surface area contributed by atoms with E-state index in [1.807, 2.05) is 61.5 Å². The number of amides is 1. The highest BCUT2D eigenvalue weighted by Gasteiger charge is 2.08. The lowest BCUT2D eigenvalue weighted by atomic mass is 10.2. The van der Waals surface area contributed by atoms with Crippen molar-refractivity contribution in [2.24, 2.45) is 0 Å². The van der Waals surface area contributed by atoms with Gasteiger partial charge in [-0.2, -0.15) is 4.68 Å². The normalized spacial score (nSPS) is 10.8. The molecule has 7 heteroatoms. The molecular formula is C21H20N6O. The van der Waals surface area contributed by atoms with Crippen LogP contribution in [-0.2, 0) is 11.2 Å². The second kappa shape index (κ2) is 7.87. The maximum absolute atomic E-state index is 12.4. The van der Waals surface area contributed by atoms with E-state index in [0.29, 0.717) is 24.4 Å². The first-order valence-corrected chi connectivity index (χ1v) is 9.07. The summed E-state index contributed by atoms with van der Waals surface area (Å²) >= 11 is 0. The third kappa shape index (κ3) is 3.98. The quantitative estimate of drug-likeness (QED) is 0.542. The summed E-state index contributed by atoms with van der Waals surface area (Å²) < 4.78 is 1.62. The molecule has 0 aliphatic heterocycles. The first kappa shape index (κ1) is 17.7. The summed E-state index contributed by atoms with van der Waals surface area (Å²) in [5.74, 6) is 0.644. The molecule has 2 aromatic carbocycles. The Morgan fingerprint density at radius 3 is 2.71 bits per heavy atom. The molecule has 0 aliphatic carbocycles. The fraction of sp³-hybridized carbons (Fsp3) is 0.143. The van der Waals surface area contributed by atoms with Crippen LogP contribution in [0.1, 0.15) is 17.9 Å². The van der Waals surface area contributed by atoms with Crippen molar-refractivity contribution in [3.05, 3.63) is 78.2 Å². The molecule has 0 unspecified atom stereocenters. The Kier molecular flexibility index (Phi) is 4.97. The van der Waals surface area contributed by atoms with Crippen molar-refractivity contribution in [1.29, 1.82) is 0 Å². The second-order valence-electron chi connectivity index (χ2n) is 6.50. The Labute approximate surface area is 162 Å². The van der Waals surface area contributed by atoms with E-state index in [9.17, 15) is 4.79 Å². The molecule has 2 N–H and O–H groups in total. The average Bonchev–Trinajstić information content (AvgIpc) is 3.36. The number of benzene rings is 2. The van der Waals surface area contributed by atoms with Gasteiger partial charge < -0.3 is 10.3 Å². The number of anilines is 1. The minimum atomic E-state index is -0.0403. The molecule has 0 fully saturated rings. The molecule has 2 heterocycles. The van der Waals surface area contributed by atoms with Gasteiger partial charge >= 0.3 is 0 Å². The fourth-order valence-corrected chi connectivity index (χ4v) is 3.03. The number of carbonyl (C=O) groups excluding carboxylic acids is 1. The van der Waals surface area contributed by atoms with Crippen LogP contribution in [0.3, 0.4) is 0 Å². The molecule has 0 spiro atoms. The van der Waals surface area contributed by atoms with E-state index >= 15 is 0 Å². The van der Waals surface area contributed by atoms with Gasteiger partial charge in [-0.05, 0) is 59.7 Å². The van der Waals surface area contributed by atoms with Gasteiger partial charge in [-0.1, -0.05) is 36.4 Å². The van der Waals surface area contributed by atoms with Crippen molar-refractivity contribution in [2.75, 3.05) is 5.32 Å². The number of rotatable bonds is 6. The van der Waals surface area contributed by atoms with Gasteiger partial charge in [0.2, 0.25) is 5.91 Å². The van der Waals surface area contributed by atoms with Gasteiger partial charge in [-0.3, -0.25) is 4.79 Å². The Hall–Kier alpha value is -3.74. The predicted octanol–water partition coefficient (Wildman–Crippen LogP) is 3.54. The first-order chi connectivity index (χ1) is 13.7. The van der Waals surface area contributed by atoms with Crippen molar-refractivity contribution >= 4 is 11.6 Å². The highest BCUT2D eigenvalue weighted by atomic mass is 16.1. The van der Waals surface area contributed by atoms with Gasteiger partial charge in [-0.15, -0.1) is 5.10 Å². The maximum Gasteiger partial charge on any atom is 0.224 e. The summed E-state index contributed by atoms with van der Waals surface area (Å²) in [6.45, 7) is 1.82. The van der Waals surface area contributed by atoms with Crippen molar-refractivity contribution in [1.82, 2.24) is 25.2 Å². The van der Waals surface area contributed by atoms with Crippen LogP contribution < -0.4 is 5.32 Å². The Morgan fingerprint density at radius 1 is 1.07 bits per heavy atom. The van der Waals surface area contributed by atoms with E-state index in [-0.39, 0.29) is 5.91 Å². The molecule has 0 bridgehead atoms. The molecule has 0 aliphatic rings. The van der Waals surface area contributed by atoms with Gasteiger partial charge in [0, 0.05) is 23.5 Å². The van der Waals surface area contributed by atoms with Gasteiger partial charge in [0.25, 0.3) is 0 Å². The predicted molar refractivity (Wildman–Crippen MR) is 107 cm³/mol. The highest BCUT2D eigenvalue weighted by molar-refractivity contribution is 5.91. The molecule has 140 valence electrons. The van der Waals surface area contributed by atoms with E-state index in [2.05, 4.69) is 38.0 Å². The SMILES string of the molecule is Cc1nnnn1-c1cccc(NC(=O)CCc2ccc(-c3ccccc3)[nH]2)c1. The number of tetrazole rings is 1. The highest BCUT2D eigenvalue weighted by Crippen LogP contribution is 2.19. The molecule has 2 aromatic heterocycles. The number of nitrogens with zero attached hydrogens (tertiary/aromatic N) is 4. The minimum absolute atomic E-state index is 0.0403. The molecule has 0 radical (unpaired) electrons. The number of hydrogen-bond donors (Lipinski definition) is 2. The number of H-pyrrole nitrogens is 1. The molecule has 1 amide bonds. The molecule has 0 saturated carbocycles. The Morgan fingerprint density at radius 2 is 1.93 bits per heavy atom. The second-order valence-corrected chi connectivity index (χ2v) is 6.50. The van der Waals surface area contributed by atoms with Crippen LogP contribution in [0, 0.1) is 6.92 Å². The van der Waals surface area contributed by atoms with Gasteiger partial charge in [0.15, 0.2) is 5.82 Å². The largest absolute Gasteiger partial charge is 0.358 e. The van der Waals surface area contributed by atoms with Crippen LogP contribution in [0.5, 0.6) is 0 Å². The monoisotopic (exact) mass is 372 g/mol. The molecule has 0 saturated heterocycles. The summed E-state index contributed by atoms with van der Waals surface area (Å²) in [7, 11) is 0. The van der Waals surface area contributed by atoms with E-state index in [1.165, 1.54) is 0 Å². The fourth-order valence-electron chi connectivity index (χ4n) is 3.03. The van der Waals surface area contributed by atoms with Crippen LogP contribution in [-0.4, -0.2) is 31.1 Å². The lowest BCUT2D eigenvalue weighted by Crippen LogP contribution is -2.13. The zero-order chi connectivity index (χ0) is 19.3. The lowest BCUT2D eigenvalue weighted by molar-refractivity contribution is -0.116. The summed E-state index contributed by atoms with van der Waals surface area (Å²) in [5, 5.41) is 14.4. The third-order valence-corrected chi connectivity index (χ3v) is 4.45. The standard InChI is InChI=1S/C21H20N6O/c1-15-24-25-26-27(15)19-9-5-8-18(14-19)23-21(28)13-11-17-10-12-20(22-17)16-6-3-2-4-7-16/h2-10,12,14,22H,11,13H2,1H3,(H,23,28). The minimum Gasteiger partial charge on any atom is -0.358 e. The van der Waals surface area contributed by atoms with E-state index < -0.39 is 0 Å². The van der Waals surface area contributed by atoms with Crippen LogP contribution in [0.4, 0.5) is 5.69 Å². The van der Waals surface area contributed by atoms with Gasteiger partial charge in [0.1, 0.15) is 0 Å². The first-order valence-electron chi connectivity index (χ1n) is 9.07. The van der Waals surface area contributed by atoms with Crippen molar-refractivity contribution in [3.8, 4) is 16.9 Å². The molecule has 7 nitrogen and oxygen atoms in total. The molecule has 0 atom stereocenters. The number of hydrogen-bond acceptors (Lipinski definition) is 4. The number of carbonyl (C=O) groups is 1. The summed E-state index contributed by atoms with van der Waals surface area (Å²) in [6, 6.07) is 21.6. The Balaban J connectivity index is 1.37. The maximum atomic E-state index is 12.4. The molecular weight excluding hydrogens is 352 g/mol. The summed E-state index contributed by atoms with van der Waals surface area (Å²) in [6.07, 6.45) is 1.04. The third-order valence-electron chi connectivity index (χ3n) is 4.45. The zero-order valence-corrected chi connectivity index (χ0v) is 15.5. The molecule has 28 heavy (non-hydrogen) atoms. The Bertz CT molecular complexity index is 1080. The van der Waals surface area contributed by atoms with Crippen molar-refractivity contribution in [3.63, 3.8) is 0 Å². The topological polar surface area (TPSA) is 88.5 Å². The summed E-state index contributed by atoms with van der Waals surface area (Å²) in [4.78, 5) is 15.7. The van der Waals surface area contributed by atoms with E-state index in [4.69, 9.17) is 0 Å². The van der Waals surface area contributed by atoms with Crippen molar-refractivity contribution in [2.45, 2.75) is 19.8 Å². The lowest BCUT2D eigenvalue weighted by Gasteiger charge is -2.07. The number of nitrogens with one attached hydrogen (secondary N) is 2. The van der Waals surface area contributed by atoms with Crippen molar-refractivity contribution < 1.29 is 4.79 Å². The van der Waals surface area contributed by atoms with Crippen LogP contribution >= 0.6 is 0 Å². The van der Waals surface area contributed by atoms with Crippen LogP contribution in [0.25, 0.3) is 16.9 Å². The average molecular weight is 372 g/mol. The molecule has 4 aromatic rings. The van der Waals surface area contributed by atoms with E-state index in [0.717, 1.165) is 22.6 Å². The number of aromatic amines is 1. The molecule has 4 rings (SSSR count). The van der Waals surface area contributed by atoms with Crippen LogP contribution in [0.15, 0.2) is 66.7 Å².